The van der Waals surface area contributed by atoms with Crippen molar-refractivity contribution in [2.75, 3.05) is 0 Å². The SMILES string of the molecule is C=C(C)C[C@H](N)c1c(Br)ccc(Br)c1O. The standard InChI is InChI=1S/C11H13Br2NO/c1-6(2)5-9(14)10-7(12)3-4-8(13)11(10)15/h3-4,9,15H,1,5,14H2,2H3/t9-/m0/s1. The van der Waals surface area contributed by atoms with Gasteiger partial charge in [-0.25, -0.2) is 0 Å². The third-order valence-corrected chi connectivity index (χ3v) is 3.39. The van der Waals surface area contributed by atoms with Crippen molar-refractivity contribution in [2.24, 2.45) is 5.73 Å². The van der Waals surface area contributed by atoms with Crippen LogP contribution in [-0.4, -0.2) is 5.11 Å². The zero-order valence-electron chi connectivity index (χ0n) is 8.43. The first-order chi connectivity index (χ1) is 6.93. The van der Waals surface area contributed by atoms with Crippen molar-refractivity contribution < 1.29 is 5.11 Å². The zero-order valence-corrected chi connectivity index (χ0v) is 11.6. The second-order valence-electron chi connectivity index (χ2n) is 3.56. The van der Waals surface area contributed by atoms with Crippen molar-refractivity contribution in [2.45, 2.75) is 19.4 Å². The number of phenolic OH excluding ortho intramolecular Hbond substituents is 1. The van der Waals surface area contributed by atoms with Gasteiger partial charge in [0.15, 0.2) is 0 Å². The summed E-state index contributed by atoms with van der Waals surface area (Å²) in [6, 6.07) is 3.39. The summed E-state index contributed by atoms with van der Waals surface area (Å²) < 4.78 is 1.47. The lowest BCUT2D eigenvalue weighted by molar-refractivity contribution is 0.457. The highest BCUT2D eigenvalue weighted by molar-refractivity contribution is 9.11. The fourth-order valence-electron chi connectivity index (χ4n) is 1.39. The summed E-state index contributed by atoms with van der Waals surface area (Å²) in [4.78, 5) is 0. The van der Waals surface area contributed by atoms with E-state index >= 15 is 0 Å². The average Bonchev–Trinajstić information content (AvgIpc) is 2.11. The first-order valence-electron chi connectivity index (χ1n) is 4.50. The van der Waals surface area contributed by atoms with Gasteiger partial charge in [0.25, 0.3) is 0 Å². The highest BCUT2D eigenvalue weighted by Gasteiger charge is 2.16. The maximum Gasteiger partial charge on any atom is 0.135 e. The fourth-order valence-corrected chi connectivity index (χ4v) is 2.35. The van der Waals surface area contributed by atoms with Gasteiger partial charge in [-0.3, -0.25) is 0 Å². The van der Waals surface area contributed by atoms with Crippen LogP contribution in [0.2, 0.25) is 0 Å². The summed E-state index contributed by atoms with van der Waals surface area (Å²) in [6.07, 6.45) is 0.655. The van der Waals surface area contributed by atoms with Gasteiger partial charge < -0.3 is 10.8 Å². The number of benzene rings is 1. The Morgan fingerprint density at radius 3 is 2.53 bits per heavy atom. The summed E-state index contributed by atoms with van der Waals surface area (Å²) >= 11 is 6.65. The Hall–Kier alpha value is -0.320. The Morgan fingerprint density at radius 2 is 2.00 bits per heavy atom. The number of rotatable bonds is 3. The van der Waals surface area contributed by atoms with Gasteiger partial charge in [0.2, 0.25) is 0 Å². The van der Waals surface area contributed by atoms with E-state index < -0.39 is 0 Å². The van der Waals surface area contributed by atoms with Crippen molar-refractivity contribution in [3.8, 4) is 5.75 Å². The van der Waals surface area contributed by atoms with E-state index in [1.165, 1.54) is 0 Å². The molecule has 1 atom stereocenters. The minimum atomic E-state index is -0.241. The molecule has 0 amide bonds. The van der Waals surface area contributed by atoms with Gasteiger partial charge in [0.05, 0.1) is 4.47 Å². The Kier molecular flexibility index (Phi) is 4.37. The van der Waals surface area contributed by atoms with Crippen LogP contribution in [0.15, 0.2) is 33.2 Å². The van der Waals surface area contributed by atoms with Gasteiger partial charge in [-0.15, -0.1) is 6.58 Å². The molecule has 0 aliphatic heterocycles. The highest BCUT2D eigenvalue weighted by atomic mass is 79.9. The molecule has 0 heterocycles. The molecule has 2 nitrogen and oxygen atoms in total. The molecule has 0 aliphatic rings. The van der Waals surface area contributed by atoms with E-state index in [0.29, 0.717) is 16.5 Å². The summed E-state index contributed by atoms with van der Waals surface area (Å²) in [6.45, 7) is 5.73. The van der Waals surface area contributed by atoms with Gasteiger partial charge in [0, 0.05) is 16.1 Å². The molecule has 0 bridgehead atoms. The number of phenols is 1. The Morgan fingerprint density at radius 1 is 1.47 bits per heavy atom. The molecule has 0 spiro atoms. The molecule has 1 rings (SSSR count). The van der Waals surface area contributed by atoms with Crippen LogP contribution in [0.3, 0.4) is 0 Å². The van der Waals surface area contributed by atoms with Crippen molar-refractivity contribution in [3.63, 3.8) is 0 Å². The van der Waals surface area contributed by atoms with E-state index in [2.05, 4.69) is 38.4 Å². The van der Waals surface area contributed by atoms with Crippen LogP contribution in [0.4, 0.5) is 0 Å². The Labute approximate surface area is 106 Å². The molecular formula is C11H13Br2NO. The Bertz CT molecular complexity index is 390. The molecule has 1 aromatic rings. The van der Waals surface area contributed by atoms with E-state index in [9.17, 15) is 5.11 Å². The van der Waals surface area contributed by atoms with E-state index in [1.54, 1.807) is 6.07 Å². The zero-order chi connectivity index (χ0) is 11.6. The number of hydrogen-bond donors (Lipinski definition) is 2. The maximum atomic E-state index is 9.88. The first kappa shape index (κ1) is 12.7. The van der Waals surface area contributed by atoms with E-state index in [-0.39, 0.29) is 11.8 Å². The summed E-state index contributed by atoms with van der Waals surface area (Å²) in [5.74, 6) is 0.193. The first-order valence-corrected chi connectivity index (χ1v) is 6.09. The number of hydrogen-bond acceptors (Lipinski definition) is 2. The molecule has 0 unspecified atom stereocenters. The van der Waals surface area contributed by atoms with Crippen molar-refractivity contribution in [1.29, 1.82) is 0 Å². The number of aromatic hydroxyl groups is 1. The molecule has 0 aliphatic carbocycles. The molecule has 1 aromatic carbocycles. The van der Waals surface area contributed by atoms with Crippen LogP contribution in [0.1, 0.15) is 24.9 Å². The molecular weight excluding hydrogens is 322 g/mol. The lowest BCUT2D eigenvalue weighted by Crippen LogP contribution is -2.11. The van der Waals surface area contributed by atoms with Gasteiger partial charge in [-0.05, 0) is 41.4 Å². The molecule has 4 heteroatoms. The highest BCUT2D eigenvalue weighted by Crippen LogP contribution is 2.38. The van der Waals surface area contributed by atoms with Gasteiger partial charge in [-0.2, -0.15) is 0 Å². The maximum absolute atomic E-state index is 9.88. The molecule has 3 N–H and O–H groups in total. The fraction of sp³-hybridized carbons (Fsp3) is 0.273. The predicted octanol–water partition coefficient (Wildman–Crippen LogP) is 3.88. The number of halogens is 2. The topological polar surface area (TPSA) is 46.2 Å². The second-order valence-corrected chi connectivity index (χ2v) is 5.27. The van der Waals surface area contributed by atoms with Crippen LogP contribution in [0, 0.1) is 0 Å². The molecule has 15 heavy (non-hydrogen) atoms. The molecule has 0 saturated carbocycles. The minimum Gasteiger partial charge on any atom is -0.506 e. The lowest BCUT2D eigenvalue weighted by Gasteiger charge is -2.16. The van der Waals surface area contributed by atoms with Gasteiger partial charge in [0.1, 0.15) is 5.75 Å². The van der Waals surface area contributed by atoms with Crippen LogP contribution in [-0.2, 0) is 0 Å². The van der Waals surface area contributed by atoms with E-state index in [4.69, 9.17) is 5.73 Å². The molecule has 0 fully saturated rings. The van der Waals surface area contributed by atoms with Gasteiger partial charge >= 0.3 is 0 Å². The molecule has 0 aromatic heterocycles. The average molecular weight is 335 g/mol. The lowest BCUT2D eigenvalue weighted by atomic mass is 10.0. The van der Waals surface area contributed by atoms with Gasteiger partial charge in [-0.1, -0.05) is 21.5 Å². The van der Waals surface area contributed by atoms with Crippen molar-refractivity contribution in [1.82, 2.24) is 0 Å². The summed E-state index contributed by atoms with van der Waals surface area (Å²) in [5.41, 5.74) is 7.70. The number of nitrogens with two attached hydrogens (primary N) is 1. The molecule has 82 valence electrons. The van der Waals surface area contributed by atoms with Crippen LogP contribution >= 0.6 is 31.9 Å². The second kappa shape index (κ2) is 5.14. The van der Waals surface area contributed by atoms with Crippen LogP contribution in [0.25, 0.3) is 0 Å². The van der Waals surface area contributed by atoms with Crippen LogP contribution < -0.4 is 5.73 Å². The summed E-state index contributed by atoms with van der Waals surface area (Å²) in [5, 5.41) is 9.88. The van der Waals surface area contributed by atoms with E-state index in [1.807, 2.05) is 13.0 Å². The molecule has 0 radical (unpaired) electrons. The third kappa shape index (κ3) is 3.06. The van der Waals surface area contributed by atoms with E-state index in [0.717, 1.165) is 10.0 Å². The predicted molar refractivity (Wildman–Crippen MR) is 69.9 cm³/mol. The van der Waals surface area contributed by atoms with Crippen molar-refractivity contribution >= 4 is 31.9 Å². The third-order valence-electron chi connectivity index (χ3n) is 2.05. The quantitative estimate of drug-likeness (QED) is 0.824. The smallest absolute Gasteiger partial charge is 0.135 e. The minimum absolute atomic E-state index is 0.193. The van der Waals surface area contributed by atoms with Crippen molar-refractivity contribution in [3.05, 3.63) is 38.8 Å². The normalized spacial score (nSPS) is 12.5. The van der Waals surface area contributed by atoms with Crippen LogP contribution in [0.5, 0.6) is 5.75 Å². The monoisotopic (exact) mass is 333 g/mol. The Balaban J connectivity index is 3.12. The molecule has 0 saturated heterocycles. The largest absolute Gasteiger partial charge is 0.506 e. The summed E-state index contributed by atoms with van der Waals surface area (Å²) in [7, 11) is 0.